The van der Waals surface area contributed by atoms with E-state index in [4.69, 9.17) is 4.84 Å². The van der Waals surface area contributed by atoms with Crippen LogP contribution in [0.5, 0.6) is 0 Å². The molecule has 3 heteroatoms. The van der Waals surface area contributed by atoms with E-state index in [-0.39, 0.29) is 0 Å². The van der Waals surface area contributed by atoms with Crippen molar-refractivity contribution in [3.05, 3.63) is 11.1 Å². The molecule has 0 aromatic carbocycles. The van der Waals surface area contributed by atoms with Crippen molar-refractivity contribution < 1.29 is 4.84 Å². The largest absolute Gasteiger partial charge is 0.396 e. The van der Waals surface area contributed by atoms with Crippen molar-refractivity contribution in [1.82, 2.24) is 4.90 Å². The molecule has 1 atom stereocenters. The minimum absolute atomic E-state index is 0.676. The van der Waals surface area contributed by atoms with Gasteiger partial charge in [0.25, 0.3) is 0 Å². The number of oxime groups is 1. The third-order valence-electron chi connectivity index (χ3n) is 4.72. The zero-order chi connectivity index (χ0) is 15.1. The molecule has 2 aliphatic carbocycles. The lowest BCUT2D eigenvalue weighted by Crippen LogP contribution is -2.39. The molecule has 0 aliphatic heterocycles. The fourth-order valence-corrected chi connectivity index (χ4v) is 3.83. The van der Waals surface area contributed by atoms with Crippen LogP contribution in [0, 0.1) is 0 Å². The quantitative estimate of drug-likeness (QED) is 0.644. The zero-order valence-corrected chi connectivity index (χ0v) is 14.2. The molecule has 2 rings (SSSR count). The van der Waals surface area contributed by atoms with E-state index >= 15 is 0 Å². The Hall–Kier alpha value is -0.830. The van der Waals surface area contributed by atoms with E-state index in [0.29, 0.717) is 6.61 Å². The maximum absolute atomic E-state index is 5.32. The first-order chi connectivity index (χ1) is 10.3. The number of rotatable bonds is 7. The van der Waals surface area contributed by atoms with E-state index in [1.165, 1.54) is 63.7 Å². The average molecular weight is 292 g/mol. The van der Waals surface area contributed by atoms with E-state index in [1.807, 2.05) is 6.92 Å². The van der Waals surface area contributed by atoms with Gasteiger partial charge in [0.1, 0.15) is 6.61 Å². The van der Waals surface area contributed by atoms with Crippen molar-refractivity contribution in [3.63, 3.8) is 0 Å². The molecule has 0 bridgehead atoms. The fraction of sp³-hybridized carbons (Fsp3) is 0.833. The van der Waals surface area contributed by atoms with E-state index in [9.17, 15) is 0 Å². The second-order valence-electron chi connectivity index (χ2n) is 6.32. The van der Waals surface area contributed by atoms with Crippen LogP contribution in [-0.2, 0) is 4.84 Å². The molecule has 3 nitrogen and oxygen atoms in total. The molecule has 2 aliphatic rings. The summed E-state index contributed by atoms with van der Waals surface area (Å²) in [5, 5.41) is 4.37. The normalized spacial score (nSPS) is 24.6. The molecule has 0 radical (unpaired) electrons. The molecule has 0 saturated carbocycles. The summed E-state index contributed by atoms with van der Waals surface area (Å²) in [5.41, 5.74) is 4.46. The summed E-state index contributed by atoms with van der Waals surface area (Å²) in [5.74, 6) is 0. The van der Waals surface area contributed by atoms with E-state index in [2.05, 4.69) is 23.9 Å². The van der Waals surface area contributed by atoms with Crippen molar-refractivity contribution >= 4 is 5.71 Å². The molecule has 21 heavy (non-hydrogen) atoms. The van der Waals surface area contributed by atoms with E-state index in [0.717, 1.165) is 12.5 Å². The van der Waals surface area contributed by atoms with Crippen LogP contribution in [0.15, 0.2) is 16.3 Å². The van der Waals surface area contributed by atoms with Gasteiger partial charge >= 0.3 is 0 Å². The van der Waals surface area contributed by atoms with Gasteiger partial charge in [-0.05, 0) is 77.0 Å². The molecule has 1 unspecified atom stereocenters. The van der Waals surface area contributed by atoms with Crippen LogP contribution in [0.25, 0.3) is 0 Å². The lowest BCUT2D eigenvalue weighted by atomic mass is 9.78. The van der Waals surface area contributed by atoms with Gasteiger partial charge in [0, 0.05) is 6.04 Å². The molecule has 0 N–H and O–H groups in total. The summed E-state index contributed by atoms with van der Waals surface area (Å²) >= 11 is 0. The van der Waals surface area contributed by atoms with Crippen LogP contribution >= 0.6 is 0 Å². The molecule has 0 aromatic rings. The molecule has 0 saturated heterocycles. The predicted molar refractivity (Wildman–Crippen MR) is 89.7 cm³/mol. The topological polar surface area (TPSA) is 24.8 Å². The minimum Gasteiger partial charge on any atom is -0.396 e. The molecule has 0 amide bonds. The maximum atomic E-state index is 5.32. The Labute approximate surface area is 130 Å². The van der Waals surface area contributed by atoms with Gasteiger partial charge in [-0.1, -0.05) is 24.6 Å². The predicted octanol–water partition coefficient (Wildman–Crippen LogP) is 4.53. The Morgan fingerprint density at radius 2 is 1.86 bits per heavy atom. The second-order valence-corrected chi connectivity index (χ2v) is 6.32. The Morgan fingerprint density at radius 1 is 1.10 bits per heavy atom. The Kier molecular flexibility index (Phi) is 6.75. The van der Waals surface area contributed by atoms with E-state index in [1.54, 1.807) is 11.1 Å². The number of hydrogen-bond acceptors (Lipinski definition) is 3. The highest BCUT2D eigenvalue weighted by Crippen LogP contribution is 2.36. The van der Waals surface area contributed by atoms with Crippen LogP contribution in [-0.4, -0.2) is 36.3 Å². The van der Waals surface area contributed by atoms with Gasteiger partial charge in [-0.3, -0.25) is 0 Å². The summed E-state index contributed by atoms with van der Waals surface area (Å²) in [4.78, 5) is 8.04. The summed E-state index contributed by atoms with van der Waals surface area (Å²) in [7, 11) is 0. The van der Waals surface area contributed by atoms with Crippen molar-refractivity contribution in [2.45, 2.75) is 78.2 Å². The van der Waals surface area contributed by atoms with Crippen LogP contribution in [0.2, 0.25) is 0 Å². The van der Waals surface area contributed by atoms with Crippen molar-refractivity contribution in [2.75, 3.05) is 19.7 Å². The number of nitrogens with zero attached hydrogens (tertiary/aromatic N) is 2. The van der Waals surface area contributed by atoms with Crippen LogP contribution in [0.4, 0.5) is 0 Å². The van der Waals surface area contributed by atoms with Gasteiger partial charge < -0.3 is 9.74 Å². The number of allylic oxidation sites excluding steroid dienone is 1. The smallest absolute Gasteiger partial charge is 0.114 e. The van der Waals surface area contributed by atoms with E-state index < -0.39 is 0 Å². The zero-order valence-electron chi connectivity index (χ0n) is 14.2. The van der Waals surface area contributed by atoms with Crippen LogP contribution in [0.1, 0.15) is 72.1 Å². The van der Waals surface area contributed by atoms with Gasteiger partial charge in [0.2, 0.25) is 0 Å². The highest BCUT2D eigenvalue weighted by molar-refractivity contribution is 6.01. The Morgan fingerprint density at radius 3 is 2.52 bits per heavy atom. The summed E-state index contributed by atoms with van der Waals surface area (Å²) in [6.45, 7) is 9.78. The van der Waals surface area contributed by atoms with Gasteiger partial charge in [-0.25, -0.2) is 0 Å². The van der Waals surface area contributed by atoms with Crippen LogP contribution < -0.4 is 0 Å². The van der Waals surface area contributed by atoms with Crippen molar-refractivity contribution in [2.24, 2.45) is 5.16 Å². The summed E-state index contributed by atoms with van der Waals surface area (Å²) < 4.78 is 0. The standard InChI is InChI=1S/C18H32N2O/c1-4-12-20(13-5-2)16-10-11-17-15(14-16)8-7-9-18(17)19-21-6-3/h16H,4-14H2,1-3H3. The van der Waals surface area contributed by atoms with Gasteiger partial charge in [0.15, 0.2) is 0 Å². The average Bonchev–Trinajstić information content (AvgIpc) is 2.52. The molecule has 0 spiro atoms. The molecular formula is C18H32N2O. The van der Waals surface area contributed by atoms with Crippen molar-refractivity contribution in [1.29, 1.82) is 0 Å². The van der Waals surface area contributed by atoms with Gasteiger partial charge in [-0.2, -0.15) is 0 Å². The lowest BCUT2D eigenvalue weighted by Gasteiger charge is -2.37. The van der Waals surface area contributed by atoms with Crippen molar-refractivity contribution in [3.8, 4) is 0 Å². The van der Waals surface area contributed by atoms with Crippen LogP contribution in [0.3, 0.4) is 0 Å². The third kappa shape index (κ3) is 4.32. The number of hydrogen-bond donors (Lipinski definition) is 0. The first-order valence-corrected chi connectivity index (χ1v) is 8.94. The molecule has 0 heterocycles. The third-order valence-corrected chi connectivity index (χ3v) is 4.72. The maximum Gasteiger partial charge on any atom is 0.114 e. The monoisotopic (exact) mass is 292 g/mol. The van der Waals surface area contributed by atoms with Gasteiger partial charge in [-0.15, -0.1) is 0 Å². The fourth-order valence-electron chi connectivity index (χ4n) is 3.83. The molecular weight excluding hydrogens is 260 g/mol. The van der Waals surface area contributed by atoms with Gasteiger partial charge in [0.05, 0.1) is 5.71 Å². The summed E-state index contributed by atoms with van der Waals surface area (Å²) in [6, 6.07) is 0.759. The Bertz CT molecular complexity index is 381. The first-order valence-electron chi connectivity index (χ1n) is 8.94. The second kappa shape index (κ2) is 8.57. The summed E-state index contributed by atoms with van der Waals surface area (Å²) in [6.07, 6.45) is 9.93. The SMILES string of the molecule is CCCN(CCC)C1CCC2=C(CCCC2=NOCC)C1. The highest BCUT2D eigenvalue weighted by atomic mass is 16.6. The highest BCUT2D eigenvalue weighted by Gasteiger charge is 2.29. The molecule has 120 valence electrons. The molecule has 0 fully saturated rings. The Balaban J connectivity index is 2.07. The minimum atomic E-state index is 0.676. The lowest BCUT2D eigenvalue weighted by molar-refractivity contribution is 0.157. The first kappa shape index (κ1) is 16.5. The molecule has 0 aromatic heterocycles.